The van der Waals surface area contributed by atoms with Gasteiger partial charge in [0, 0.05) is 11.9 Å². The normalized spacial score (nSPS) is 17.4. The molecule has 4 heteroatoms. The lowest BCUT2D eigenvalue weighted by molar-refractivity contribution is -0.132. The Labute approximate surface area is 148 Å². The van der Waals surface area contributed by atoms with Crippen molar-refractivity contribution in [2.24, 2.45) is 0 Å². The smallest absolute Gasteiger partial charge is 0.244 e. The average Bonchev–Trinajstić information content (AvgIpc) is 3.21. The number of aromatic nitrogens is 2. The summed E-state index contributed by atoms with van der Waals surface area (Å²) in [7, 11) is 0. The van der Waals surface area contributed by atoms with E-state index in [1.54, 1.807) is 0 Å². The predicted molar refractivity (Wildman–Crippen MR) is 99.3 cm³/mol. The van der Waals surface area contributed by atoms with Crippen molar-refractivity contribution >= 4 is 16.8 Å². The Balaban J connectivity index is 1.58. The highest BCUT2D eigenvalue weighted by atomic mass is 16.2. The number of nitrogens with zero attached hydrogens (tertiary/aromatic N) is 3. The van der Waals surface area contributed by atoms with Gasteiger partial charge in [-0.15, -0.1) is 0 Å². The molecular formula is C21H23N3O. The molecule has 4 nitrogen and oxygen atoms in total. The summed E-state index contributed by atoms with van der Waals surface area (Å²) in [6.07, 6.45) is 3.92. The molecule has 1 saturated heterocycles. The minimum absolute atomic E-state index is 0.149. The van der Waals surface area contributed by atoms with Crippen LogP contribution in [0.5, 0.6) is 0 Å². The van der Waals surface area contributed by atoms with Gasteiger partial charge in [-0.3, -0.25) is 9.48 Å². The van der Waals surface area contributed by atoms with Crippen molar-refractivity contribution in [3.05, 3.63) is 65.4 Å². The number of amides is 1. The molecule has 25 heavy (non-hydrogen) atoms. The van der Waals surface area contributed by atoms with E-state index in [0.29, 0.717) is 6.54 Å². The highest BCUT2D eigenvalue weighted by Gasteiger charge is 2.30. The van der Waals surface area contributed by atoms with Gasteiger partial charge in [-0.2, -0.15) is 5.10 Å². The van der Waals surface area contributed by atoms with Gasteiger partial charge in [-0.1, -0.05) is 47.5 Å². The molecule has 1 unspecified atom stereocenters. The monoisotopic (exact) mass is 333 g/mol. The van der Waals surface area contributed by atoms with E-state index in [4.69, 9.17) is 0 Å². The molecule has 0 bridgehead atoms. The van der Waals surface area contributed by atoms with Crippen molar-refractivity contribution in [1.29, 1.82) is 0 Å². The van der Waals surface area contributed by atoms with E-state index in [9.17, 15) is 4.79 Å². The molecule has 0 spiro atoms. The van der Waals surface area contributed by atoms with Crippen LogP contribution in [0.1, 0.15) is 35.6 Å². The fourth-order valence-electron chi connectivity index (χ4n) is 3.98. The van der Waals surface area contributed by atoms with Gasteiger partial charge in [0.15, 0.2) is 0 Å². The Bertz CT molecular complexity index is 908. The zero-order valence-corrected chi connectivity index (χ0v) is 14.8. The average molecular weight is 333 g/mol. The van der Waals surface area contributed by atoms with Gasteiger partial charge in [-0.05, 0) is 38.3 Å². The number of carbonyl (C=O) groups excluding carboxylic acids is 1. The third kappa shape index (κ3) is 3.04. The number of likely N-dealkylation sites (tertiary alicyclic amines) is 1. The Morgan fingerprint density at radius 1 is 1.16 bits per heavy atom. The van der Waals surface area contributed by atoms with E-state index in [2.05, 4.69) is 37.1 Å². The maximum atomic E-state index is 13.0. The number of benzene rings is 2. The van der Waals surface area contributed by atoms with Gasteiger partial charge in [0.2, 0.25) is 5.91 Å². The fourth-order valence-corrected chi connectivity index (χ4v) is 3.98. The minimum Gasteiger partial charge on any atom is -0.334 e. The van der Waals surface area contributed by atoms with Gasteiger partial charge in [0.25, 0.3) is 0 Å². The van der Waals surface area contributed by atoms with Crippen LogP contribution in [-0.4, -0.2) is 27.1 Å². The van der Waals surface area contributed by atoms with Gasteiger partial charge < -0.3 is 4.90 Å². The lowest BCUT2D eigenvalue weighted by Gasteiger charge is -2.26. The number of aryl methyl sites for hydroxylation is 2. The highest BCUT2D eigenvalue weighted by Crippen LogP contribution is 2.33. The van der Waals surface area contributed by atoms with Crippen molar-refractivity contribution in [2.75, 3.05) is 6.54 Å². The summed E-state index contributed by atoms with van der Waals surface area (Å²) in [6, 6.07) is 14.8. The molecule has 1 atom stereocenters. The fraction of sp³-hybridized carbons (Fsp3) is 0.333. The van der Waals surface area contributed by atoms with Crippen molar-refractivity contribution in [1.82, 2.24) is 14.7 Å². The lowest BCUT2D eigenvalue weighted by atomic mass is 9.99. The second-order valence-electron chi connectivity index (χ2n) is 7.03. The number of fused-ring (bicyclic) bond motifs is 1. The highest BCUT2D eigenvalue weighted by molar-refractivity contribution is 5.82. The Kier molecular flexibility index (Phi) is 4.04. The molecule has 0 radical (unpaired) electrons. The minimum atomic E-state index is 0.149. The Morgan fingerprint density at radius 2 is 1.92 bits per heavy atom. The topological polar surface area (TPSA) is 38.1 Å². The number of rotatable bonds is 3. The summed E-state index contributed by atoms with van der Waals surface area (Å²) >= 11 is 0. The van der Waals surface area contributed by atoms with E-state index < -0.39 is 0 Å². The first-order valence-corrected chi connectivity index (χ1v) is 8.90. The van der Waals surface area contributed by atoms with E-state index in [1.165, 1.54) is 16.7 Å². The first-order valence-electron chi connectivity index (χ1n) is 8.90. The molecule has 1 fully saturated rings. The lowest BCUT2D eigenvalue weighted by Crippen LogP contribution is -2.33. The summed E-state index contributed by atoms with van der Waals surface area (Å²) < 4.78 is 1.81. The summed E-state index contributed by atoms with van der Waals surface area (Å²) in [6.45, 7) is 5.37. The zero-order chi connectivity index (χ0) is 17.4. The van der Waals surface area contributed by atoms with Crippen LogP contribution in [0.15, 0.2) is 48.7 Å². The molecular weight excluding hydrogens is 310 g/mol. The summed E-state index contributed by atoms with van der Waals surface area (Å²) in [4.78, 5) is 15.0. The molecule has 0 aliphatic carbocycles. The van der Waals surface area contributed by atoms with Crippen molar-refractivity contribution in [2.45, 2.75) is 39.3 Å². The van der Waals surface area contributed by atoms with E-state index in [-0.39, 0.29) is 11.9 Å². The summed E-state index contributed by atoms with van der Waals surface area (Å²) in [5.41, 5.74) is 4.78. The molecule has 1 aliphatic heterocycles. The summed E-state index contributed by atoms with van der Waals surface area (Å²) in [5.74, 6) is 0.149. The van der Waals surface area contributed by atoms with Crippen LogP contribution in [0.3, 0.4) is 0 Å². The molecule has 2 heterocycles. The van der Waals surface area contributed by atoms with Crippen molar-refractivity contribution in [3.8, 4) is 0 Å². The van der Waals surface area contributed by atoms with Crippen LogP contribution >= 0.6 is 0 Å². The number of hydrogen-bond donors (Lipinski definition) is 0. The zero-order valence-electron chi connectivity index (χ0n) is 14.8. The second-order valence-corrected chi connectivity index (χ2v) is 7.03. The number of hydrogen-bond acceptors (Lipinski definition) is 2. The largest absolute Gasteiger partial charge is 0.334 e. The van der Waals surface area contributed by atoms with Crippen LogP contribution in [0.4, 0.5) is 0 Å². The quantitative estimate of drug-likeness (QED) is 0.726. The third-order valence-electron chi connectivity index (χ3n) is 5.04. The van der Waals surface area contributed by atoms with Gasteiger partial charge >= 0.3 is 0 Å². The Hall–Kier alpha value is -2.62. The molecule has 0 saturated carbocycles. The van der Waals surface area contributed by atoms with E-state index in [1.807, 2.05) is 40.0 Å². The third-order valence-corrected chi connectivity index (χ3v) is 5.04. The van der Waals surface area contributed by atoms with Crippen LogP contribution in [0.25, 0.3) is 10.9 Å². The molecule has 128 valence electrons. The van der Waals surface area contributed by atoms with Gasteiger partial charge in [0.05, 0.1) is 17.8 Å². The SMILES string of the molecule is Cc1cc(C)cc(C2CCCN2C(=O)Cn2ncc3ccccc32)c1. The standard InChI is InChI=1S/C21H23N3O/c1-15-10-16(2)12-18(11-15)19-8-5-9-23(19)21(25)14-24-20-7-4-3-6-17(20)13-22-24/h3-4,6-7,10-13,19H,5,8-9,14H2,1-2H3. The first-order chi connectivity index (χ1) is 12.1. The summed E-state index contributed by atoms with van der Waals surface area (Å²) in [5, 5.41) is 5.47. The van der Waals surface area contributed by atoms with Crippen LogP contribution in [-0.2, 0) is 11.3 Å². The molecule has 1 amide bonds. The molecule has 1 aliphatic rings. The Morgan fingerprint density at radius 3 is 2.72 bits per heavy atom. The first kappa shape index (κ1) is 15.9. The van der Waals surface area contributed by atoms with Crippen LogP contribution < -0.4 is 0 Å². The molecule has 2 aromatic carbocycles. The van der Waals surface area contributed by atoms with Crippen LogP contribution in [0.2, 0.25) is 0 Å². The van der Waals surface area contributed by atoms with Gasteiger partial charge in [-0.25, -0.2) is 0 Å². The van der Waals surface area contributed by atoms with Crippen LogP contribution in [0, 0.1) is 13.8 Å². The second kappa shape index (κ2) is 6.36. The molecule has 1 aromatic heterocycles. The van der Waals surface area contributed by atoms with Crippen molar-refractivity contribution < 1.29 is 4.79 Å². The van der Waals surface area contributed by atoms with Crippen molar-refractivity contribution in [3.63, 3.8) is 0 Å². The predicted octanol–water partition coefficient (Wildman–Crippen LogP) is 4.02. The molecule has 3 aromatic rings. The molecule has 0 N–H and O–H groups in total. The number of carbonyl (C=O) groups is 1. The number of para-hydroxylation sites is 1. The maximum absolute atomic E-state index is 13.0. The molecule has 4 rings (SSSR count). The van der Waals surface area contributed by atoms with Gasteiger partial charge in [0.1, 0.15) is 6.54 Å². The maximum Gasteiger partial charge on any atom is 0.244 e. The van der Waals surface area contributed by atoms with E-state index >= 15 is 0 Å². The van der Waals surface area contributed by atoms with E-state index in [0.717, 1.165) is 30.3 Å².